The molecule has 1 aromatic heterocycles. The molecule has 0 saturated carbocycles. The predicted molar refractivity (Wildman–Crippen MR) is 119 cm³/mol. The minimum atomic E-state index is -0.415. The van der Waals surface area contributed by atoms with Gasteiger partial charge in [-0.25, -0.2) is 9.37 Å². The summed E-state index contributed by atoms with van der Waals surface area (Å²) in [5.74, 6) is -0.652. The maximum absolute atomic E-state index is 14.5. The molecule has 0 N–H and O–H groups in total. The van der Waals surface area contributed by atoms with E-state index in [1.807, 2.05) is 35.2 Å². The van der Waals surface area contributed by atoms with E-state index in [0.717, 1.165) is 4.90 Å². The standard InChI is InChI=1S/C24H22FN3O2S/c1-17(29)18-9-10-22(21(25)16-18)27-12-14-28(15-13-27)24(30)20-8-5-11-26-23(20)31-19-6-3-2-4-7-19/h2-11,16H,12-15H2,1H3. The highest BCUT2D eigenvalue weighted by Crippen LogP contribution is 2.29. The molecule has 0 radical (unpaired) electrons. The molecule has 1 aliphatic heterocycles. The zero-order chi connectivity index (χ0) is 21.8. The number of ketones is 1. The van der Waals surface area contributed by atoms with Crippen molar-refractivity contribution in [1.82, 2.24) is 9.88 Å². The maximum atomic E-state index is 14.5. The van der Waals surface area contributed by atoms with Crippen LogP contribution in [-0.2, 0) is 0 Å². The molecular weight excluding hydrogens is 413 g/mol. The number of Topliss-reactive ketones (excluding diaryl/α,β-unsaturated/α-hetero) is 1. The van der Waals surface area contributed by atoms with E-state index in [9.17, 15) is 14.0 Å². The van der Waals surface area contributed by atoms with Crippen molar-refractivity contribution in [3.63, 3.8) is 0 Å². The van der Waals surface area contributed by atoms with Crippen LogP contribution >= 0.6 is 11.8 Å². The van der Waals surface area contributed by atoms with E-state index in [1.54, 1.807) is 35.4 Å². The van der Waals surface area contributed by atoms with Gasteiger partial charge in [0.2, 0.25) is 0 Å². The summed E-state index contributed by atoms with van der Waals surface area (Å²) in [4.78, 5) is 33.8. The summed E-state index contributed by atoms with van der Waals surface area (Å²) in [6, 6.07) is 17.9. The molecule has 0 aliphatic carbocycles. The Bertz CT molecular complexity index is 1100. The first-order valence-corrected chi connectivity index (χ1v) is 10.9. The van der Waals surface area contributed by atoms with Crippen LogP contribution in [0, 0.1) is 5.82 Å². The fourth-order valence-electron chi connectivity index (χ4n) is 3.54. The maximum Gasteiger partial charge on any atom is 0.256 e. The molecule has 0 bridgehead atoms. The van der Waals surface area contributed by atoms with Gasteiger partial charge in [0.15, 0.2) is 5.78 Å². The van der Waals surface area contributed by atoms with Crippen LogP contribution < -0.4 is 4.90 Å². The van der Waals surface area contributed by atoms with Gasteiger partial charge >= 0.3 is 0 Å². The van der Waals surface area contributed by atoms with E-state index in [4.69, 9.17) is 0 Å². The number of nitrogens with zero attached hydrogens (tertiary/aromatic N) is 3. The number of piperazine rings is 1. The van der Waals surface area contributed by atoms with Gasteiger partial charge in [0, 0.05) is 42.8 Å². The topological polar surface area (TPSA) is 53.5 Å². The molecule has 5 nitrogen and oxygen atoms in total. The first kappa shape index (κ1) is 21.1. The molecule has 158 valence electrons. The second-order valence-electron chi connectivity index (χ2n) is 7.27. The lowest BCUT2D eigenvalue weighted by Gasteiger charge is -2.36. The largest absolute Gasteiger partial charge is 0.366 e. The van der Waals surface area contributed by atoms with Crippen molar-refractivity contribution in [2.75, 3.05) is 31.1 Å². The highest BCUT2D eigenvalue weighted by atomic mass is 32.2. The van der Waals surface area contributed by atoms with E-state index in [0.29, 0.717) is 48.0 Å². The molecule has 3 aromatic rings. The number of halogens is 1. The first-order valence-electron chi connectivity index (χ1n) is 10.1. The summed E-state index contributed by atoms with van der Waals surface area (Å²) in [6.07, 6.45) is 1.69. The van der Waals surface area contributed by atoms with Crippen molar-refractivity contribution < 1.29 is 14.0 Å². The molecule has 2 aromatic carbocycles. The average molecular weight is 436 g/mol. The van der Waals surface area contributed by atoms with Crippen molar-refractivity contribution >= 4 is 29.1 Å². The Hall–Kier alpha value is -3.19. The van der Waals surface area contributed by atoms with Gasteiger partial charge in [0.1, 0.15) is 10.8 Å². The summed E-state index contributed by atoms with van der Waals surface area (Å²) in [5, 5.41) is 0.673. The van der Waals surface area contributed by atoms with Gasteiger partial charge in [-0.3, -0.25) is 9.59 Å². The second kappa shape index (κ2) is 9.31. The van der Waals surface area contributed by atoms with E-state index in [2.05, 4.69) is 4.98 Å². The molecule has 7 heteroatoms. The second-order valence-corrected chi connectivity index (χ2v) is 8.34. The number of anilines is 1. The molecule has 0 atom stereocenters. The van der Waals surface area contributed by atoms with Gasteiger partial charge < -0.3 is 9.80 Å². The molecular formula is C24H22FN3O2S. The number of rotatable bonds is 5. The predicted octanol–water partition coefficient (Wildman–Crippen LogP) is 4.54. The Morgan fingerprint density at radius 2 is 1.71 bits per heavy atom. The quantitative estimate of drug-likeness (QED) is 0.551. The Morgan fingerprint density at radius 3 is 2.39 bits per heavy atom. The minimum absolute atomic E-state index is 0.0708. The van der Waals surface area contributed by atoms with Gasteiger partial charge in [-0.2, -0.15) is 0 Å². The molecule has 1 fully saturated rings. The highest BCUT2D eigenvalue weighted by molar-refractivity contribution is 7.99. The zero-order valence-electron chi connectivity index (χ0n) is 17.1. The van der Waals surface area contributed by atoms with Crippen LogP contribution in [0.5, 0.6) is 0 Å². The molecule has 1 aliphatic rings. The van der Waals surface area contributed by atoms with Crippen molar-refractivity contribution in [1.29, 1.82) is 0 Å². The Morgan fingerprint density at radius 1 is 0.968 bits per heavy atom. The normalized spacial score (nSPS) is 13.9. The van der Waals surface area contributed by atoms with Gasteiger partial charge in [0.25, 0.3) is 5.91 Å². The number of pyridine rings is 1. The van der Waals surface area contributed by atoms with E-state index >= 15 is 0 Å². The summed E-state index contributed by atoms with van der Waals surface area (Å²) < 4.78 is 14.5. The fourth-order valence-corrected chi connectivity index (χ4v) is 4.43. The summed E-state index contributed by atoms with van der Waals surface area (Å²) in [7, 11) is 0. The van der Waals surface area contributed by atoms with Crippen molar-refractivity contribution in [2.24, 2.45) is 0 Å². The van der Waals surface area contributed by atoms with Crippen LogP contribution in [0.25, 0.3) is 0 Å². The third-order valence-electron chi connectivity index (χ3n) is 5.22. The number of hydrogen-bond acceptors (Lipinski definition) is 5. The summed E-state index contributed by atoms with van der Waals surface area (Å²) in [5.41, 5.74) is 1.38. The van der Waals surface area contributed by atoms with Crippen molar-refractivity contribution in [2.45, 2.75) is 16.8 Å². The van der Waals surface area contributed by atoms with Crippen LogP contribution in [0.1, 0.15) is 27.6 Å². The SMILES string of the molecule is CC(=O)c1ccc(N2CCN(C(=O)c3cccnc3Sc3ccccc3)CC2)c(F)c1. The van der Waals surface area contributed by atoms with E-state index < -0.39 is 5.82 Å². The third kappa shape index (κ3) is 4.77. The number of amides is 1. The highest BCUT2D eigenvalue weighted by Gasteiger charge is 2.26. The molecule has 0 spiro atoms. The number of benzene rings is 2. The van der Waals surface area contributed by atoms with Crippen LogP contribution in [0.3, 0.4) is 0 Å². The average Bonchev–Trinajstić information content (AvgIpc) is 2.80. The Balaban J connectivity index is 1.45. The minimum Gasteiger partial charge on any atom is -0.366 e. The van der Waals surface area contributed by atoms with E-state index in [1.165, 1.54) is 24.8 Å². The number of aromatic nitrogens is 1. The van der Waals surface area contributed by atoms with Gasteiger partial charge in [-0.1, -0.05) is 30.0 Å². The third-order valence-corrected chi connectivity index (χ3v) is 6.25. The first-order chi connectivity index (χ1) is 15.0. The molecule has 31 heavy (non-hydrogen) atoms. The molecule has 2 heterocycles. The lowest BCUT2D eigenvalue weighted by Crippen LogP contribution is -2.49. The van der Waals surface area contributed by atoms with Gasteiger partial charge in [-0.05, 0) is 49.4 Å². The number of carbonyl (C=O) groups excluding carboxylic acids is 2. The van der Waals surface area contributed by atoms with Crippen molar-refractivity contribution in [3.8, 4) is 0 Å². The van der Waals surface area contributed by atoms with Gasteiger partial charge in [-0.15, -0.1) is 0 Å². The monoisotopic (exact) mass is 435 g/mol. The van der Waals surface area contributed by atoms with Crippen LogP contribution in [0.4, 0.5) is 10.1 Å². The lowest BCUT2D eigenvalue weighted by molar-refractivity contribution is 0.0742. The van der Waals surface area contributed by atoms with Crippen LogP contribution in [0.15, 0.2) is 76.8 Å². The van der Waals surface area contributed by atoms with Gasteiger partial charge in [0.05, 0.1) is 11.3 Å². The molecule has 1 amide bonds. The van der Waals surface area contributed by atoms with Crippen LogP contribution in [-0.4, -0.2) is 47.8 Å². The number of carbonyl (C=O) groups is 2. The molecule has 0 unspecified atom stereocenters. The van der Waals surface area contributed by atoms with E-state index in [-0.39, 0.29) is 11.7 Å². The summed E-state index contributed by atoms with van der Waals surface area (Å²) >= 11 is 1.46. The smallest absolute Gasteiger partial charge is 0.256 e. The lowest BCUT2D eigenvalue weighted by atomic mass is 10.1. The molecule has 1 saturated heterocycles. The number of hydrogen-bond donors (Lipinski definition) is 0. The fraction of sp³-hybridized carbons (Fsp3) is 0.208. The Labute approximate surface area is 184 Å². The van der Waals surface area contributed by atoms with Crippen molar-refractivity contribution in [3.05, 3.63) is 83.8 Å². The summed E-state index contributed by atoms with van der Waals surface area (Å²) in [6.45, 7) is 3.42. The van der Waals surface area contributed by atoms with Crippen LogP contribution in [0.2, 0.25) is 0 Å². The Kier molecular flexibility index (Phi) is 6.32. The molecule has 4 rings (SSSR count). The zero-order valence-corrected chi connectivity index (χ0v) is 17.9.